The molecular weight excluding hydrogens is 138 g/mol. The van der Waals surface area contributed by atoms with Crippen LogP contribution in [-0.2, 0) is 4.74 Å². The molecule has 0 saturated heterocycles. The zero-order chi connectivity index (χ0) is 8.27. The maximum absolute atomic E-state index is 5.28. The van der Waals surface area contributed by atoms with Crippen molar-refractivity contribution in [3.05, 3.63) is 11.6 Å². The lowest BCUT2D eigenvalue weighted by Crippen LogP contribution is -2.13. The van der Waals surface area contributed by atoms with E-state index in [-0.39, 0.29) is 0 Å². The maximum atomic E-state index is 5.28. The number of hydrogen-bond acceptors (Lipinski definition) is 2. The van der Waals surface area contributed by atoms with E-state index in [4.69, 9.17) is 4.74 Å². The Kier molecular flexibility index (Phi) is 2.69. The molecule has 11 heavy (non-hydrogen) atoms. The molecule has 2 heteroatoms. The van der Waals surface area contributed by atoms with Crippen LogP contribution in [0.25, 0.3) is 0 Å². The molecule has 1 rings (SSSR count). The molecule has 62 valence electrons. The number of aliphatic imine (C=N–C) groups is 1. The summed E-state index contributed by atoms with van der Waals surface area (Å²) in [5.41, 5.74) is 1.36. The van der Waals surface area contributed by atoms with E-state index in [2.05, 4.69) is 18.8 Å². The Morgan fingerprint density at radius 1 is 1.73 bits per heavy atom. The van der Waals surface area contributed by atoms with Crippen LogP contribution in [-0.4, -0.2) is 19.0 Å². The zero-order valence-corrected chi connectivity index (χ0v) is 7.42. The van der Waals surface area contributed by atoms with Gasteiger partial charge in [0.05, 0.1) is 6.61 Å². The molecule has 1 heterocycles. The monoisotopic (exact) mass is 153 g/mol. The van der Waals surface area contributed by atoms with E-state index in [0.29, 0.717) is 12.5 Å². The second kappa shape index (κ2) is 3.56. The van der Waals surface area contributed by atoms with Crippen LogP contribution >= 0.6 is 0 Å². The zero-order valence-electron chi connectivity index (χ0n) is 7.42. The van der Waals surface area contributed by atoms with Crippen LogP contribution in [0.5, 0.6) is 0 Å². The Bertz CT molecular complexity index is 194. The summed E-state index contributed by atoms with van der Waals surface area (Å²) < 4.78 is 5.28. The summed E-state index contributed by atoms with van der Waals surface area (Å²) in [4.78, 5) is 4.27. The van der Waals surface area contributed by atoms with E-state index in [1.54, 1.807) is 0 Å². The Labute approximate surface area is 68.0 Å². The number of ether oxygens (including phenoxy) is 1. The van der Waals surface area contributed by atoms with Crippen LogP contribution in [0, 0.1) is 5.92 Å². The fourth-order valence-electron chi connectivity index (χ4n) is 0.989. The van der Waals surface area contributed by atoms with Gasteiger partial charge in [-0.1, -0.05) is 12.5 Å². The molecule has 0 aliphatic carbocycles. The first-order valence-electron chi connectivity index (χ1n) is 4.09. The Hall–Kier alpha value is -0.790. The van der Waals surface area contributed by atoms with Gasteiger partial charge in [0.2, 0.25) is 5.90 Å². The topological polar surface area (TPSA) is 21.6 Å². The summed E-state index contributed by atoms with van der Waals surface area (Å²) in [6.07, 6.45) is 2.03. The van der Waals surface area contributed by atoms with Crippen molar-refractivity contribution in [2.75, 3.05) is 13.2 Å². The van der Waals surface area contributed by atoms with E-state index in [1.807, 2.05) is 13.0 Å². The molecule has 2 nitrogen and oxygen atoms in total. The number of nitrogens with zero attached hydrogens (tertiary/aromatic N) is 1. The van der Waals surface area contributed by atoms with E-state index >= 15 is 0 Å². The van der Waals surface area contributed by atoms with Crippen molar-refractivity contribution in [2.24, 2.45) is 10.9 Å². The third kappa shape index (κ3) is 2.07. The van der Waals surface area contributed by atoms with Gasteiger partial charge in [-0.25, -0.2) is 0 Å². The Morgan fingerprint density at radius 2 is 2.45 bits per heavy atom. The van der Waals surface area contributed by atoms with Gasteiger partial charge in [0.25, 0.3) is 0 Å². The number of rotatable bonds is 1. The second-order valence-electron chi connectivity index (χ2n) is 2.90. The molecule has 0 amide bonds. The molecule has 0 aromatic rings. The quantitative estimate of drug-likeness (QED) is 0.564. The van der Waals surface area contributed by atoms with Gasteiger partial charge in [-0.3, -0.25) is 4.99 Å². The molecule has 0 unspecified atom stereocenters. The highest BCUT2D eigenvalue weighted by Crippen LogP contribution is 2.14. The van der Waals surface area contributed by atoms with Gasteiger partial charge in [-0.15, -0.1) is 0 Å². The minimum absolute atomic E-state index is 0.583. The first-order chi connectivity index (χ1) is 5.24. The van der Waals surface area contributed by atoms with Gasteiger partial charge in [0, 0.05) is 6.54 Å². The molecule has 0 radical (unpaired) electrons. The van der Waals surface area contributed by atoms with E-state index in [0.717, 1.165) is 12.4 Å². The van der Waals surface area contributed by atoms with Crippen molar-refractivity contribution in [2.45, 2.75) is 20.8 Å². The summed E-state index contributed by atoms with van der Waals surface area (Å²) >= 11 is 0. The maximum Gasteiger partial charge on any atom is 0.208 e. The van der Waals surface area contributed by atoms with Crippen LogP contribution < -0.4 is 0 Å². The number of hydrogen-bond donors (Lipinski definition) is 0. The normalized spacial score (nSPS) is 24.1. The highest BCUT2D eigenvalue weighted by atomic mass is 16.5. The van der Waals surface area contributed by atoms with Crippen molar-refractivity contribution >= 4 is 5.90 Å². The van der Waals surface area contributed by atoms with Gasteiger partial charge < -0.3 is 4.74 Å². The summed E-state index contributed by atoms with van der Waals surface area (Å²) in [5, 5.41) is 0. The number of dihydropyridines is 1. The predicted molar refractivity (Wildman–Crippen MR) is 46.8 cm³/mol. The predicted octanol–water partition coefficient (Wildman–Crippen LogP) is 2.02. The third-order valence-electron chi connectivity index (χ3n) is 1.94. The minimum Gasteiger partial charge on any atom is -0.478 e. The minimum atomic E-state index is 0.583. The molecule has 0 bridgehead atoms. The molecule has 0 saturated carbocycles. The van der Waals surface area contributed by atoms with Crippen LogP contribution in [0.15, 0.2) is 16.6 Å². The van der Waals surface area contributed by atoms with Crippen molar-refractivity contribution < 1.29 is 4.74 Å². The lowest BCUT2D eigenvalue weighted by Gasteiger charge is -2.15. The molecular formula is C9H15NO. The van der Waals surface area contributed by atoms with E-state index < -0.39 is 0 Å². The van der Waals surface area contributed by atoms with Crippen LogP contribution in [0.4, 0.5) is 0 Å². The standard InChI is InChI=1S/C9H15NO/c1-4-11-9-5-7(2)8(3)6-10-9/h5,8H,4,6H2,1-3H3/t8-/m1/s1. The highest BCUT2D eigenvalue weighted by molar-refractivity contribution is 5.89. The molecule has 1 aliphatic heterocycles. The fourth-order valence-corrected chi connectivity index (χ4v) is 0.989. The van der Waals surface area contributed by atoms with Crippen molar-refractivity contribution in [3.8, 4) is 0 Å². The Balaban J connectivity index is 2.59. The lowest BCUT2D eigenvalue weighted by molar-refractivity contribution is 0.326. The molecule has 1 atom stereocenters. The first-order valence-corrected chi connectivity index (χ1v) is 4.09. The third-order valence-corrected chi connectivity index (χ3v) is 1.94. The van der Waals surface area contributed by atoms with Crippen molar-refractivity contribution in [3.63, 3.8) is 0 Å². The van der Waals surface area contributed by atoms with E-state index in [1.165, 1.54) is 5.57 Å². The van der Waals surface area contributed by atoms with Crippen LogP contribution in [0.3, 0.4) is 0 Å². The van der Waals surface area contributed by atoms with Gasteiger partial charge in [0.15, 0.2) is 0 Å². The average Bonchev–Trinajstić information content (AvgIpc) is 1.98. The molecule has 1 aliphatic rings. The lowest BCUT2D eigenvalue weighted by atomic mass is 10.0. The average molecular weight is 153 g/mol. The smallest absolute Gasteiger partial charge is 0.208 e. The fraction of sp³-hybridized carbons (Fsp3) is 0.667. The Morgan fingerprint density at radius 3 is 3.00 bits per heavy atom. The van der Waals surface area contributed by atoms with Gasteiger partial charge in [-0.05, 0) is 25.8 Å². The van der Waals surface area contributed by atoms with Gasteiger partial charge in [0.1, 0.15) is 0 Å². The first kappa shape index (κ1) is 8.31. The van der Waals surface area contributed by atoms with Crippen LogP contribution in [0.1, 0.15) is 20.8 Å². The molecule has 0 aromatic carbocycles. The van der Waals surface area contributed by atoms with Crippen molar-refractivity contribution in [1.82, 2.24) is 0 Å². The molecule has 0 aromatic heterocycles. The van der Waals surface area contributed by atoms with Crippen molar-refractivity contribution in [1.29, 1.82) is 0 Å². The SMILES string of the molecule is CCOC1=NC[C@@H](C)C(C)=C1. The second-order valence-corrected chi connectivity index (χ2v) is 2.90. The highest BCUT2D eigenvalue weighted by Gasteiger charge is 2.10. The van der Waals surface area contributed by atoms with Gasteiger partial charge in [-0.2, -0.15) is 0 Å². The summed E-state index contributed by atoms with van der Waals surface area (Å²) in [6, 6.07) is 0. The van der Waals surface area contributed by atoms with E-state index in [9.17, 15) is 0 Å². The molecule has 0 spiro atoms. The summed E-state index contributed by atoms with van der Waals surface area (Å²) in [5.74, 6) is 1.38. The summed E-state index contributed by atoms with van der Waals surface area (Å²) in [6.45, 7) is 7.86. The molecule has 0 N–H and O–H groups in total. The van der Waals surface area contributed by atoms with Gasteiger partial charge >= 0.3 is 0 Å². The van der Waals surface area contributed by atoms with Crippen LogP contribution in [0.2, 0.25) is 0 Å². The largest absolute Gasteiger partial charge is 0.478 e. The molecule has 0 fully saturated rings. The summed E-state index contributed by atoms with van der Waals surface area (Å²) in [7, 11) is 0.